The van der Waals surface area contributed by atoms with E-state index in [4.69, 9.17) is 0 Å². The fourth-order valence-corrected chi connectivity index (χ4v) is 1.86. The second-order valence-electron chi connectivity index (χ2n) is 4.31. The van der Waals surface area contributed by atoms with Crippen molar-refractivity contribution >= 4 is 17.3 Å². The molecule has 0 spiro atoms. The molecule has 0 N–H and O–H groups in total. The maximum Gasteiger partial charge on any atom is 0.161 e. The number of hydrogen-bond acceptors (Lipinski definition) is 3. The van der Waals surface area contributed by atoms with E-state index in [0.717, 1.165) is 11.5 Å². The van der Waals surface area contributed by atoms with Crippen LogP contribution in [-0.4, -0.2) is 17.8 Å². The number of benzene rings is 1. The van der Waals surface area contributed by atoms with Crippen LogP contribution in [0, 0.1) is 6.92 Å². The lowest BCUT2D eigenvalue weighted by atomic mass is 10.2. The fraction of sp³-hybridized carbons (Fsp3) is 0.200. The first kappa shape index (κ1) is 12.3. The Bertz CT molecular complexity index is 561. The van der Waals surface area contributed by atoms with Crippen molar-refractivity contribution in [1.82, 2.24) is 4.98 Å². The first-order valence-corrected chi connectivity index (χ1v) is 5.86. The molecule has 0 saturated carbocycles. The van der Waals surface area contributed by atoms with Gasteiger partial charge in [0.05, 0.1) is 0 Å². The van der Waals surface area contributed by atoms with Gasteiger partial charge in [0.25, 0.3) is 0 Å². The molecule has 1 aromatic heterocycles. The van der Waals surface area contributed by atoms with Gasteiger partial charge in [-0.05, 0) is 37.6 Å². The van der Waals surface area contributed by atoms with E-state index in [-0.39, 0.29) is 5.78 Å². The lowest BCUT2D eigenvalue weighted by molar-refractivity contribution is 0.101. The summed E-state index contributed by atoms with van der Waals surface area (Å²) in [5.41, 5.74) is 2.94. The molecule has 1 aromatic carbocycles. The van der Waals surface area contributed by atoms with Gasteiger partial charge in [-0.25, -0.2) is 4.98 Å². The van der Waals surface area contributed by atoms with Gasteiger partial charge in [-0.3, -0.25) is 4.79 Å². The molecule has 0 aliphatic heterocycles. The predicted octanol–water partition coefficient (Wildman–Crippen LogP) is 3.36. The molecule has 0 saturated heterocycles. The molecule has 2 rings (SSSR count). The van der Waals surface area contributed by atoms with Crippen LogP contribution in [0.3, 0.4) is 0 Å². The van der Waals surface area contributed by atoms with Crippen LogP contribution < -0.4 is 4.90 Å². The van der Waals surface area contributed by atoms with Gasteiger partial charge in [-0.1, -0.05) is 18.2 Å². The molecule has 18 heavy (non-hydrogen) atoms. The van der Waals surface area contributed by atoms with Crippen molar-refractivity contribution in [3.05, 3.63) is 53.7 Å². The van der Waals surface area contributed by atoms with Crippen LogP contribution in [0.25, 0.3) is 0 Å². The third-order valence-electron chi connectivity index (χ3n) is 2.97. The van der Waals surface area contributed by atoms with Crippen molar-refractivity contribution in [1.29, 1.82) is 0 Å². The number of carbonyl (C=O) groups is 1. The Labute approximate surface area is 107 Å². The summed E-state index contributed by atoms with van der Waals surface area (Å²) in [6, 6.07) is 11.8. The molecule has 3 heteroatoms. The highest BCUT2D eigenvalue weighted by molar-refractivity contribution is 5.93. The second-order valence-corrected chi connectivity index (χ2v) is 4.31. The predicted molar refractivity (Wildman–Crippen MR) is 73.5 cm³/mol. The zero-order chi connectivity index (χ0) is 13.1. The van der Waals surface area contributed by atoms with Crippen molar-refractivity contribution in [2.24, 2.45) is 0 Å². The number of Topliss-reactive ketones (excluding diaryl/α,β-unsaturated/α-hetero) is 1. The summed E-state index contributed by atoms with van der Waals surface area (Å²) in [7, 11) is 1.97. The molecular weight excluding hydrogens is 224 g/mol. The minimum Gasteiger partial charge on any atom is -0.329 e. The number of para-hydroxylation sites is 1. The number of nitrogens with zero attached hydrogens (tertiary/aromatic N) is 2. The van der Waals surface area contributed by atoms with Crippen molar-refractivity contribution < 1.29 is 4.79 Å². The lowest BCUT2D eigenvalue weighted by Crippen LogP contribution is -2.12. The summed E-state index contributed by atoms with van der Waals surface area (Å²) in [6.45, 7) is 3.61. The largest absolute Gasteiger partial charge is 0.329 e. The SMILES string of the molecule is CC(=O)c1ccc(N(C)c2ccccc2C)nc1. The molecule has 0 radical (unpaired) electrons. The number of hydrogen-bond donors (Lipinski definition) is 0. The van der Waals surface area contributed by atoms with Gasteiger partial charge in [0.15, 0.2) is 5.78 Å². The van der Waals surface area contributed by atoms with E-state index in [1.54, 1.807) is 19.2 Å². The van der Waals surface area contributed by atoms with Crippen molar-refractivity contribution in [3.63, 3.8) is 0 Å². The van der Waals surface area contributed by atoms with Crippen molar-refractivity contribution in [2.75, 3.05) is 11.9 Å². The van der Waals surface area contributed by atoms with Crippen molar-refractivity contribution in [3.8, 4) is 0 Å². The summed E-state index contributed by atoms with van der Waals surface area (Å²) >= 11 is 0. The van der Waals surface area contributed by atoms with Crippen molar-refractivity contribution in [2.45, 2.75) is 13.8 Å². The van der Waals surface area contributed by atoms with Crippen LogP contribution in [-0.2, 0) is 0 Å². The number of aryl methyl sites for hydroxylation is 1. The first-order valence-electron chi connectivity index (χ1n) is 5.86. The van der Waals surface area contributed by atoms with E-state index in [1.165, 1.54) is 5.56 Å². The highest BCUT2D eigenvalue weighted by Gasteiger charge is 2.08. The molecular formula is C15H16N2O. The summed E-state index contributed by atoms with van der Waals surface area (Å²) < 4.78 is 0. The third-order valence-corrected chi connectivity index (χ3v) is 2.97. The Morgan fingerprint density at radius 2 is 1.89 bits per heavy atom. The standard InChI is InChI=1S/C15H16N2O/c1-11-6-4-5-7-14(11)17(3)15-9-8-13(10-16-15)12(2)18/h4-10H,1-3H3. The number of anilines is 2. The fourth-order valence-electron chi connectivity index (χ4n) is 1.86. The highest BCUT2D eigenvalue weighted by Crippen LogP contribution is 2.24. The van der Waals surface area contributed by atoms with Crippen LogP contribution in [0.1, 0.15) is 22.8 Å². The monoisotopic (exact) mass is 240 g/mol. The lowest BCUT2D eigenvalue weighted by Gasteiger charge is -2.20. The van der Waals surface area contributed by atoms with Gasteiger partial charge < -0.3 is 4.90 Å². The average Bonchev–Trinajstić information content (AvgIpc) is 2.38. The minimum atomic E-state index is 0.0348. The molecule has 0 fully saturated rings. The number of rotatable bonds is 3. The Morgan fingerprint density at radius 3 is 2.44 bits per heavy atom. The van der Waals surface area contributed by atoms with Crippen LogP contribution >= 0.6 is 0 Å². The molecule has 2 aromatic rings. The van der Waals surface area contributed by atoms with E-state index in [9.17, 15) is 4.79 Å². The molecule has 3 nitrogen and oxygen atoms in total. The van der Waals surface area contributed by atoms with Crippen LogP contribution in [0.5, 0.6) is 0 Å². The average molecular weight is 240 g/mol. The molecule has 92 valence electrons. The van der Waals surface area contributed by atoms with Gasteiger partial charge in [-0.2, -0.15) is 0 Å². The van der Waals surface area contributed by atoms with Crippen LogP contribution in [0.2, 0.25) is 0 Å². The van der Waals surface area contributed by atoms with E-state index in [0.29, 0.717) is 5.56 Å². The highest BCUT2D eigenvalue weighted by atomic mass is 16.1. The molecule has 1 heterocycles. The molecule has 0 bridgehead atoms. The van der Waals surface area contributed by atoms with Crippen LogP contribution in [0.4, 0.5) is 11.5 Å². The quantitative estimate of drug-likeness (QED) is 0.771. The number of aromatic nitrogens is 1. The van der Waals surface area contributed by atoms with Gasteiger partial charge in [0.2, 0.25) is 0 Å². The second kappa shape index (κ2) is 5.00. The number of pyridine rings is 1. The van der Waals surface area contributed by atoms with Gasteiger partial charge in [0, 0.05) is 24.5 Å². The Morgan fingerprint density at radius 1 is 1.17 bits per heavy atom. The first-order chi connectivity index (χ1) is 8.59. The molecule has 0 atom stereocenters. The Kier molecular flexibility index (Phi) is 3.42. The maximum atomic E-state index is 11.2. The summed E-state index contributed by atoms with van der Waals surface area (Å²) in [6.07, 6.45) is 1.62. The molecule has 0 aliphatic carbocycles. The number of ketones is 1. The van der Waals surface area contributed by atoms with Crippen LogP contribution in [0.15, 0.2) is 42.6 Å². The van der Waals surface area contributed by atoms with Gasteiger partial charge in [-0.15, -0.1) is 0 Å². The summed E-state index contributed by atoms with van der Waals surface area (Å²) in [4.78, 5) is 17.5. The van der Waals surface area contributed by atoms with E-state index >= 15 is 0 Å². The smallest absolute Gasteiger partial charge is 0.161 e. The van der Waals surface area contributed by atoms with Gasteiger partial charge >= 0.3 is 0 Å². The van der Waals surface area contributed by atoms with E-state index in [2.05, 4.69) is 24.0 Å². The Balaban J connectivity index is 2.32. The summed E-state index contributed by atoms with van der Waals surface area (Å²) in [5, 5.41) is 0. The van der Waals surface area contributed by atoms with E-state index in [1.807, 2.05) is 30.1 Å². The zero-order valence-electron chi connectivity index (χ0n) is 10.8. The molecule has 0 amide bonds. The van der Waals surface area contributed by atoms with E-state index < -0.39 is 0 Å². The number of carbonyl (C=O) groups excluding carboxylic acids is 1. The Hall–Kier alpha value is -2.16. The molecule has 0 unspecified atom stereocenters. The summed E-state index contributed by atoms with van der Waals surface area (Å²) in [5.74, 6) is 0.863. The maximum absolute atomic E-state index is 11.2. The zero-order valence-corrected chi connectivity index (χ0v) is 10.8. The minimum absolute atomic E-state index is 0.0348. The molecule has 0 aliphatic rings. The van der Waals surface area contributed by atoms with Gasteiger partial charge in [0.1, 0.15) is 5.82 Å². The normalized spacial score (nSPS) is 10.2. The third kappa shape index (κ3) is 2.40. The topological polar surface area (TPSA) is 33.2 Å².